The number of hydrogen-bond donors (Lipinski definition) is 3. The molecule has 130 valence electrons. The lowest BCUT2D eigenvalue weighted by molar-refractivity contribution is -0.129. The van der Waals surface area contributed by atoms with E-state index in [0.717, 1.165) is 10.6 Å². The van der Waals surface area contributed by atoms with Crippen LogP contribution >= 0.6 is 11.3 Å². The Morgan fingerprint density at radius 1 is 1.33 bits per heavy atom. The number of thiazole rings is 1. The van der Waals surface area contributed by atoms with Gasteiger partial charge in [-0.3, -0.25) is 14.1 Å². The Morgan fingerprint density at radius 2 is 2.00 bits per heavy atom. The van der Waals surface area contributed by atoms with Crippen molar-refractivity contribution in [3.8, 4) is 0 Å². The van der Waals surface area contributed by atoms with Crippen LogP contribution in [0, 0.1) is 5.41 Å². The van der Waals surface area contributed by atoms with Crippen molar-refractivity contribution in [3.63, 3.8) is 0 Å². The molecule has 0 radical (unpaired) electrons. The molecule has 0 saturated heterocycles. The third-order valence-electron chi connectivity index (χ3n) is 3.33. The summed E-state index contributed by atoms with van der Waals surface area (Å²) < 4.78 is 22.0. The number of nitrogens with one attached hydrogen (secondary N) is 2. The van der Waals surface area contributed by atoms with Crippen LogP contribution in [0.1, 0.15) is 37.4 Å². The molecule has 0 aliphatic carbocycles. The van der Waals surface area contributed by atoms with Crippen molar-refractivity contribution in [2.24, 2.45) is 5.41 Å². The normalized spacial score (nSPS) is 14.0. The fraction of sp³-hybridized carbons (Fsp3) is 0.375. The third kappa shape index (κ3) is 5.40. The van der Waals surface area contributed by atoms with E-state index in [4.69, 9.17) is 4.55 Å². The van der Waals surface area contributed by atoms with Gasteiger partial charge in [-0.05, 0) is 24.1 Å². The van der Waals surface area contributed by atoms with E-state index in [2.05, 4.69) is 15.0 Å². The Labute approximate surface area is 148 Å². The van der Waals surface area contributed by atoms with E-state index >= 15 is 0 Å². The summed E-state index contributed by atoms with van der Waals surface area (Å²) >= 11 is -0.588. The lowest BCUT2D eigenvalue weighted by Gasteiger charge is -2.23. The number of amides is 1. The van der Waals surface area contributed by atoms with Crippen molar-refractivity contribution >= 4 is 34.2 Å². The molecule has 8 heteroatoms. The molecule has 0 bridgehead atoms. The van der Waals surface area contributed by atoms with Gasteiger partial charge in [0, 0.05) is 22.7 Å². The largest absolute Gasteiger partial charge is 0.346 e. The number of hydrogen-bond acceptors (Lipinski definition) is 4. The van der Waals surface area contributed by atoms with Crippen LogP contribution in [0.2, 0.25) is 0 Å². The lowest BCUT2D eigenvalue weighted by atomic mass is 9.94. The number of anilines is 1. The molecule has 2 atom stereocenters. The van der Waals surface area contributed by atoms with Gasteiger partial charge in [0.2, 0.25) is 5.91 Å². The van der Waals surface area contributed by atoms with Crippen molar-refractivity contribution in [2.75, 3.05) is 4.72 Å². The number of carbonyl (C=O) groups excluding carboxylic acids is 1. The number of nitrogens with zero attached hydrogens (tertiary/aromatic N) is 1. The predicted octanol–water partition coefficient (Wildman–Crippen LogP) is 3.14. The molecule has 0 aliphatic rings. The Bertz CT molecular complexity index is 694. The van der Waals surface area contributed by atoms with Crippen molar-refractivity contribution in [1.82, 2.24) is 10.3 Å². The summed E-state index contributed by atoms with van der Waals surface area (Å²) in [4.78, 5) is 16.7. The minimum atomic E-state index is -2.09. The zero-order chi connectivity index (χ0) is 17.7. The van der Waals surface area contributed by atoms with Crippen LogP contribution in [-0.2, 0) is 22.5 Å². The van der Waals surface area contributed by atoms with Crippen molar-refractivity contribution in [1.29, 1.82) is 0 Å². The average molecular weight is 367 g/mol. The first-order valence-corrected chi connectivity index (χ1v) is 9.41. The van der Waals surface area contributed by atoms with Crippen LogP contribution in [0.5, 0.6) is 0 Å². The van der Waals surface area contributed by atoms with E-state index in [9.17, 15) is 9.00 Å². The van der Waals surface area contributed by atoms with Gasteiger partial charge < -0.3 is 5.32 Å². The van der Waals surface area contributed by atoms with Gasteiger partial charge >= 0.3 is 0 Å². The summed E-state index contributed by atoms with van der Waals surface area (Å²) in [6, 6.07) is 6.97. The van der Waals surface area contributed by atoms with Crippen molar-refractivity contribution in [3.05, 3.63) is 46.4 Å². The molecule has 1 amide bonds. The van der Waals surface area contributed by atoms with Crippen LogP contribution in [-0.4, -0.2) is 19.7 Å². The maximum Gasteiger partial charge on any atom is 0.259 e. The summed E-state index contributed by atoms with van der Waals surface area (Å²) in [5.41, 5.74) is 1.08. The smallest absolute Gasteiger partial charge is 0.259 e. The highest BCUT2D eigenvalue weighted by molar-refractivity contribution is 7.80. The van der Waals surface area contributed by atoms with Crippen LogP contribution in [0.25, 0.3) is 0 Å². The highest BCUT2D eigenvalue weighted by atomic mass is 32.2. The molecule has 1 aromatic heterocycles. The fourth-order valence-corrected chi connectivity index (χ4v) is 3.05. The van der Waals surface area contributed by atoms with E-state index in [0.29, 0.717) is 12.1 Å². The first-order chi connectivity index (χ1) is 11.3. The molecular formula is C16H21N3O3S2. The second-order valence-corrected chi connectivity index (χ2v) is 8.03. The summed E-state index contributed by atoms with van der Waals surface area (Å²) in [6.07, 6.45) is 2.32. The standard InChI is InChI=1S/C16H21N3O3S2/c1-16(2,3)15(20)18-13(14-17-8-9-23-14)10-11-4-6-12(7-5-11)19-24(21)22/h4-9,13,19H,10H2,1-3H3,(H,18,20)(H,21,22)/t13-/m0/s1. The van der Waals surface area contributed by atoms with Gasteiger partial charge in [0.25, 0.3) is 11.3 Å². The molecule has 1 heterocycles. The monoisotopic (exact) mass is 367 g/mol. The highest BCUT2D eigenvalue weighted by Crippen LogP contribution is 2.24. The lowest BCUT2D eigenvalue weighted by Crippen LogP contribution is -2.38. The van der Waals surface area contributed by atoms with Gasteiger partial charge in [0.1, 0.15) is 5.01 Å². The van der Waals surface area contributed by atoms with Gasteiger partial charge in [-0.25, -0.2) is 9.19 Å². The second kappa shape index (κ2) is 7.87. The molecule has 2 rings (SSSR count). The number of rotatable bonds is 6. The zero-order valence-electron chi connectivity index (χ0n) is 13.8. The van der Waals surface area contributed by atoms with Gasteiger partial charge in [-0.1, -0.05) is 32.9 Å². The molecule has 1 aromatic carbocycles. The van der Waals surface area contributed by atoms with Gasteiger partial charge in [-0.15, -0.1) is 11.3 Å². The SMILES string of the molecule is CC(C)(C)C(=O)N[C@@H](Cc1ccc(NS(=O)O)cc1)c1nccs1. The van der Waals surface area contributed by atoms with Gasteiger partial charge in [0.05, 0.1) is 6.04 Å². The Hall–Kier alpha value is -1.77. The second-order valence-electron chi connectivity index (χ2n) is 6.40. The minimum absolute atomic E-state index is 0.0309. The maximum absolute atomic E-state index is 12.3. The molecule has 1 unspecified atom stereocenters. The quantitative estimate of drug-likeness (QED) is 0.684. The number of benzene rings is 1. The molecule has 6 nitrogen and oxygen atoms in total. The summed E-state index contributed by atoms with van der Waals surface area (Å²) in [5.74, 6) is -0.0309. The zero-order valence-corrected chi connectivity index (χ0v) is 15.4. The summed E-state index contributed by atoms with van der Waals surface area (Å²) in [6.45, 7) is 5.62. The van der Waals surface area contributed by atoms with E-state index in [1.54, 1.807) is 18.3 Å². The highest BCUT2D eigenvalue weighted by Gasteiger charge is 2.26. The van der Waals surface area contributed by atoms with E-state index < -0.39 is 16.7 Å². The summed E-state index contributed by atoms with van der Waals surface area (Å²) in [7, 11) is 0. The topological polar surface area (TPSA) is 91.3 Å². The van der Waals surface area contributed by atoms with Crippen LogP contribution in [0.15, 0.2) is 35.8 Å². The summed E-state index contributed by atoms with van der Waals surface area (Å²) in [5, 5.41) is 5.80. The molecule has 3 N–H and O–H groups in total. The van der Waals surface area contributed by atoms with Crippen LogP contribution in [0.3, 0.4) is 0 Å². The van der Waals surface area contributed by atoms with Gasteiger partial charge in [0.15, 0.2) is 0 Å². The van der Waals surface area contributed by atoms with Crippen LogP contribution < -0.4 is 10.0 Å². The average Bonchev–Trinajstić information content (AvgIpc) is 3.01. The maximum atomic E-state index is 12.3. The predicted molar refractivity (Wildman–Crippen MR) is 97.0 cm³/mol. The molecule has 0 aliphatic heterocycles. The molecular weight excluding hydrogens is 346 g/mol. The van der Waals surface area contributed by atoms with Crippen molar-refractivity contribution < 1.29 is 13.6 Å². The molecule has 0 spiro atoms. The molecule has 0 saturated carbocycles. The van der Waals surface area contributed by atoms with E-state index in [-0.39, 0.29) is 11.9 Å². The first-order valence-electron chi connectivity index (χ1n) is 7.42. The van der Waals surface area contributed by atoms with E-state index in [1.165, 1.54) is 11.3 Å². The Balaban J connectivity index is 2.14. The number of aromatic nitrogens is 1. The van der Waals surface area contributed by atoms with Crippen LogP contribution in [0.4, 0.5) is 5.69 Å². The fourth-order valence-electron chi connectivity index (χ4n) is 2.03. The third-order valence-corrected chi connectivity index (χ3v) is 4.63. The molecule has 2 aromatic rings. The minimum Gasteiger partial charge on any atom is -0.346 e. The van der Waals surface area contributed by atoms with Gasteiger partial charge in [-0.2, -0.15) is 0 Å². The molecule has 0 fully saturated rings. The first kappa shape index (κ1) is 18.6. The van der Waals surface area contributed by atoms with Crippen molar-refractivity contribution in [2.45, 2.75) is 33.2 Å². The molecule has 24 heavy (non-hydrogen) atoms. The Kier molecular flexibility index (Phi) is 6.09. The Morgan fingerprint density at radius 3 is 2.50 bits per heavy atom. The van der Waals surface area contributed by atoms with E-state index in [1.807, 2.05) is 38.3 Å². The number of carbonyl (C=O) groups is 1.